The van der Waals surface area contributed by atoms with Crippen molar-refractivity contribution in [2.45, 2.75) is 25.7 Å². The van der Waals surface area contributed by atoms with Crippen LogP contribution in [0.2, 0.25) is 10.3 Å². The van der Waals surface area contributed by atoms with Crippen LogP contribution in [0.1, 0.15) is 36.0 Å². The Labute approximate surface area is 156 Å². The van der Waals surface area contributed by atoms with Gasteiger partial charge in [-0.05, 0) is 54.6 Å². The Morgan fingerprint density at radius 3 is 2.72 bits per heavy atom. The van der Waals surface area contributed by atoms with E-state index in [1.54, 1.807) is 18.3 Å². The average Bonchev–Trinajstić information content (AvgIpc) is 3.13. The molecule has 0 amide bonds. The number of ether oxygens (including phenoxy) is 1. The van der Waals surface area contributed by atoms with Crippen molar-refractivity contribution in [1.82, 2.24) is 9.97 Å². The molecule has 0 aliphatic heterocycles. The van der Waals surface area contributed by atoms with Gasteiger partial charge in [0.1, 0.15) is 5.82 Å². The molecule has 0 unspecified atom stereocenters. The Morgan fingerprint density at radius 1 is 1.28 bits per heavy atom. The molecule has 0 N–H and O–H groups in total. The Balaban J connectivity index is 2.00. The van der Waals surface area contributed by atoms with Crippen LogP contribution in [0.15, 0.2) is 30.5 Å². The van der Waals surface area contributed by atoms with Crippen molar-refractivity contribution in [3.05, 3.63) is 46.3 Å². The van der Waals surface area contributed by atoms with Crippen molar-refractivity contribution in [1.29, 1.82) is 0 Å². The highest BCUT2D eigenvalue weighted by Gasteiger charge is 2.22. The highest BCUT2D eigenvalue weighted by molar-refractivity contribution is 6.33. The van der Waals surface area contributed by atoms with Gasteiger partial charge in [-0.25, -0.2) is 14.8 Å². The number of esters is 1. The summed E-state index contributed by atoms with van der Waals surface area (Å²) in [6.45, 7) is 0.801. The predicted octanol–water partition coefficient (Wildman–Crippen LogP) is 4.90. The maximum Gasteiger partial charge on any atom is 0.339 e. The number of anilines is 2. The van der Waals surface area contributed by atoms with Crippen molar-refractivity contribution in [2.24, 2.45) is 5.92 Å². The first-order valence-corrected chi connectivity index (χ1v) is 8.98. The first-order chi connectivity index (χ1) is 12.1. The minimum Gasteiger partial charge on any atom is -0.465 e. The van der Waals surface area contributed by atoms with E-state index in [4.69, 9.17) is 27.9 Å². The van der Waals surface area contributed by atoms with Crippen LogP contribution in [0.3, 0.4) is 0 Å². The molecule has 132 valence electrons. The number of methoxy groups -OCH3 is 1. The summed E-state index contributed by atoms with van der Waals surface area (Å²) in [6.07, 6.45) is 6.50. The van der Waals surface area contributed by atoms with Crippen molar-refractivity contribution in [2.75, 3.05) is 18.6 Å². The molecule has 0 spiro atoms. The second kappa shape index (κ2) is 8.02. The fraction of sp³-hybridized carbons (Fsp3) is 0.389. The molecule has 1 aliphatic carbocycles. The SMILES string of the molecule is COC(=O)c1cc(N(CC2CCCC2)c2ccnc(Cl)n2)ccc1Cl. The third-order valence-corrected chi connectivity index (χ3v) is 4.98. The summed E-state index contributed by atoms with van der Waals surface area (Å²) in [5.74, 6) is 0.810. The molecule has 7 heteroatoms. The van der Waals surface area contributed by atoms with Gasteiger partial charge in [0.15, 0.2) is 0 Å². The van der Waals surface area contributed by atoms with E-state index in [0.29, 0.717) is 22.3 Å². The molecule has 0 radical (unpaired) electrons. The van der Waals surface area contributed by atoms with E-state index in [-0.39, 0.29) is 5.28 Å². The van der Waals surface area contributed by atoms with Crippen LogP contribution in [-0.2, 0) is 4.74 Å². The Kier molecular flexibility index (Phi) is 5.76. The smallest absolute Gasteiger partial charge is 0.339 e. The number of carbonyl (C=O) groups is 1. The topological polar surface area (TPSA) is 55.3 Å². The highest BCUT2D eigenvalue weighted by atomic mass is 35.5. The second-order valence-electron chi connectivity index (χ2n) is 6.10. The standard InChI is InChI=1S/C18H19Cl2N3O2/c1-25-17(24)14-10-13(6-7-15(14)19)23(11-12-4-2-3-5-12)16-8-9-21-18(20)22-16/h6-10,12H,2-5,11H2,1H3. The van der Waals surface area contributed by atoms with Crippen LogP contribution >= 0.6 is 23.2 Å². The molecule has 1 heterocycles. The summed E-state index contributed by atoms with van der Waals surface area (Å²) >= 11 is 12.1. The Bertz CT molecular complexity index is 764. The first kappa shape index (κ1) is 18.0. The molecule has 1 aromatic heterocycles. The Morgan fingerprint density at radius 2 is 2.04 bits per heavy atom. The quantitative estimate of drug-likeness (QED) is 0.546. The van der Waals surface area contributed by atoms with E-state index >= 15 is 0 Å². The summed E-state index contributed by atoms with van der Waals surface area (Å²) in [7, 11) is 1.34. The fourth-order valence-electron chi connectivity index (χ4n) is 3.21. The van der Waals surface area contributed by atoms with Gasteiger partial charge in [-0.15, -0.1) is 0 Å². The highest BCUT2D eigenvalue weighted by Crippen LogP contribution is 2.33. The summed E-state index contributed by atoms with van der Waals surface area (Å²) < 4.78 is 4.82. The van der Waals surface area contributed by atoms with Gasteiger partial charge in [0.25, 0.3) is 0 Å². The van der Waals surface area contributed by atoms with Gasteiger partial charge in [0.2, 0.25) is 5.28 Å². The average molecular weight is 380 g/mol. The lowest BCUT2D eigenvalue weighted by molar-refractivity contribution is 0.0601. The van der Waals surface area contributed by atoms with Gasteiger partial charge < -0.3 is 9.64 Å². The van der Waals surface area contributed by atoms with E-state index in [0.717, 1.165) is 12.2 Å². The van der Waals surface area contributed by atoms with Gasteiger partial charge >= 0.3 is 5.97 Å². The summed E-state index contributed by atoms with van der Waals surface area (Å²) in [5.41, 5.74) is 1.16. The minimum atomic E-state index is -0.464. The maximum absolute atomic E-state index is 12.0. The lowest BCUT2D eigenvalue weighted by atomic mass is 10.1. The molecule has 5 nitrogen and oxygen atoms in total. The molecule has 1 fully saturated rings. The van der Waals surface area contributed by atoms with Gasteiger partial charge in [0, 0.05) is 18.4 Å². The van der Waals surface area contributed by atoms with Crippen molar-refractivity contribution < 1.29 is 9.53 Å². The molecule has 2 aromatic rings. The fourth-order valence-corrected chi connectivity index (χ4v) is 3.54. The molecular weight excluding hydrogens is 361 g/mol. The molecule has 25 heavy (non-hydrogen) atoms. The molecule has 0 atom stereocenters. The number of benzene rings is 1. The molecular formula is C18H19Cl2N3O2. The van der Waals surface area contributed by atoms with Crippen LogP contribution < -0.4 is 4.90 Å². The van der Waals surface area contributed by atoms with E-state index < -0.39 is 5.97 Å². The largest absolute Gasteiger partial charge is 0.465 e. The summed E-state index contributed by atoms with van der Waals surface area (Å²) in [6, 6.07) is 7.12. The van der Waals surface area contributed by atoms with Crippen molar-refractivity contribution >= 4 is 40.7 Å². The third-order valence-electron chi connectivity index (χ3n) is 4.47. The zero-order valence-corrected chi connectivity index (χ0v) is 15.4. The predicted molar refractivity (Wildman–Crippen MR) is 98.8 cm³/mol. The van der Waals surface area contributed by atoms with E-state index in [2.05, 4.69) is 14.9 Å². The zero-order chi connectivity index (χ0) is 17.8. The van der Waals surface area contributed by atoms with Gasteiger partial charge in [-0.2, -0.15) is 0 Å². The summed E-state index contributed by atoms with van der Waals surface area (Å²) in [5, 5.41) is 0.549. The second-order valence-corrected chi connectivity index (χ2v) is 6.85. The maximum atomic E-state index is 12.0. The number of nitrogens with zero attached hydrogens (tertiary/aromatic N) is 3. The van der Waals surface area contributed by atoms with Gasteiger partial charge in [-0.1, -0.05) is 24.4 Å². The van der Waals surface area contributed by atoms with Crippen molar-refractivity contribution in [3.8, 4) is 0 Å². The normalized spacial score (nSPS) is 14.5. The van der Waals surface area contributed by atoms with Crippen LogP contribution in [0.4, 0.5) is 11.5 Å². The molecule has 3 rings (SSSR count). The van der Waals surface area contributed by atoms with Crippen LogP contribution in [0, 0.1) is 5.92 Å². The molecule has 0 saturated heterocycles. The lowest BCUT2D eigenvalue weighted by Gasteiger charge is -2.27. The third kappa shape index (κ3) is 4.22. The monoisotopic (exact) mass is 379 g/mol. The molecule has 0 bridgehead atoms. The van der Waals surface area contributed by atoms with E-state index in [9.17, 15) is 4.79 Å². The number of carbonyl (C=O) groups excluding carboxylic acids is 1. The number of hydrogen-bond donors (Lipinski definition) is 0. The van der Waals surface area contributed by atoms with Crippen LogP contribution in [0.25, 0.3) is 0 Å². The van der Waals surface area contributed by atoms with Crippen molar-refractivity contribution in [3.63, 3.8) is 0 Å². The summed E-state index contributed by atoms with van der Waals surface area (Å²) in [4.78, 5) is 22.3. The van der Waals surface area contributed by atoms with Crippen LogP contribution in [-0.4, -0.2) is 29.6 Å². The lowest BCUT2D eigenvalue weighted by Crippen LogP contribution is -2.25. The molecule has 1 aliphatic rings. The Hall–Kier alpha value is -1.85. The number of halogens is 2. The first-order valence-electron chi connectivity index (χ1n) is 8.22. The number of hydrogen-bond acceptors (Lipinski definition) is 5. The van der Waals surface area contributed by atoms with Crippen LogP contribution in [0.5, 0.6) is 0 Å². The molecule has 1 saturated carbocycles. The number of aromatic nitrogens is 2. The zero-order valence-electron chi connectivity index (χ0n) is 13.9. The van der Waals surface area contributed by atoms with E-state index in [1.165, 1.54) is 32.8 Å². The van der Waals surface area contributed by atoms with Gasteiger partial charge in [0.05, 0.1) is 17.7 Å². The molecule has 1 aromatic carbocycles. The minimum absolute atomic E-state index is 0.191. The number of rotatable bonds is 5. The van der Waals surface area contributed by atoms with Gasteiger partial charge in [-0.3, -0.25) is 0 Å². The van der Waals surface area contributed by atoms with E-state index in [1.807, 2.05) is 12.1 Å².